The predicted molar refractivity (Wildman–Crippen MR) is 93.4 cm³/mol. The number of hydrogen-bond acceptors (Lipinski definition) is 3. The number of carbonyl (C=O) groups excluding carboxylic acids is 1. The van der Waals surface area contributed by atoms with Gasteiger partial charge in [0.1, 0.15) is 0 Å². The Kier molecular flexibility index (Phi) is 5.16. The standard InChI is InChI=1S/C18H20ClN3O/c1-12-6-4-5-7-13(12)16(20)10-18(2,3)22-17(23)14-8-9-21-11-15(14)19/h4-9,11,20H,10H2,1-3H3,(H,22,23). The van der Waals surface area contributed by atoms with E-state index in [9.17, 15) is 4.79 Å². The number of halogens is 1. The predicted octanol–water partition coefficient (Wildman–Crippen LogP) is 4.01. The molecule has 2 rings (SSSR count). The summed E-state index contributed by atoms with van der Waals surface area (Å²) in [6.07, 6.45) is 3.40. The lowest BCUT2D eigenvalue weighted by molar-refractivity contribution is 0.0915. The molecule has 120 valence electrons. The summed E-state index contributed by atoms with van der Waals surface area (Å²) in [5.41, 5.74) is 2.27. The number of nitrogens with zero attached hydrogens (tertiary/aromatic N) is 1. The third-order valence-electron chi connectivity index (χ3n) is 3.56. The van der Waals surface area contributed by atoms with Crippen molar-refractivity contribution < 1.29 is 4.79 Å². The second-order valence-electron chi connectivity index (χ2n) is 6.16. The van der Waals surface area contributed by atoms with Gasteiger partial charge < -0.3 is 10.7 Å². The average molecular weight is 330 g/mol. The van der Waals surface area contributed by atoms with Crippen molar-refractivity contribution in [1.29, 1.82) is 5.41 Å². The maximum atomic E-state index is 12.4. The average Bonchev–Trinajstić information content (AvgIpc) is 2.46. The van der Waals surface area contributed by atoms with E-state index in [1.165, 1.54) is 12.4 Å². The Morgan fingerprint density at radius 3 is 2.61 bits per heavy atom. The fourth-order valence-corrected chi connectivity index (χ4v) is 2.63. The summed E-state index contributed by atoms with van der Waals surface area (Å²) >= 11 is 6.00. The summed E-state index contributed by atoms with van der Waals surface area (Å²) in [5, 5.41) is 11.6. The summed E-state index contributed by atoms with van der Waals surface area (Å²) in [6, 6.07) is 9.35. The molecule has 23 heavy (non-hydrogen) atoms. The summed E-state index contributed by atoms with van der Waals surface area (Å²) in [7, 11) is 0. The van der Waals surface area contributed by atoms with E-state index in [0.717, 1.165) is 11.1 Å². The Balaban J connectivity index is 2.10. The molecule has 0 aliphatic heterocycles. The van der Waals surface area contributed by atoms with Crippen LogP contribution in [0, 0.1) is 12.3 Å². The summed E-state index contributed by atoms with van der Waals surface area (Å²) in [6.45, 7) is 5.77. The molecule has 0 radical (unpaired) electrons. The molecule has 0 aliphatic rings. The van der Waals surface area contributed by atoms with Gasteiger partial charge in [0.2, 0.25) is 0 Å². The van der Waals surface area contributed by atoms with E-state index < -0.39 is 5.54 Å². The van der Waals surface area contributed by atoms with E-state index in [-0.39, 0.29) is 5.91 Å². The van der Waals surface area contributed by atoms with E-state index in [1.807, 2.05) is 45.0 Å². The van der Waals surface area contributed by atoms with Gasteiger partial charge in [0.15, 0.2) is 0 Å². The first kappa shape index (κ1) is 17.2. The molecule has 4 nitrogen and oxygen atoms in total. The van der Waals surface area contributed by atoms with Crippen molar-refractivity contribution in [1.82, 2.24) is 10.3 Å². The Morgan fingerprint density at radius 1 is 1.26 bits per heavy atom. The Bertz CT molecular complexity index is 679. The smallest absolute Gasteiger partial charge is 0.253 e. The van der Waals surface area contributed by atoms with Gasteiger partial charge >= 0.3 is 0 Å². The number of nitrogens with one attached hydrogen (secondary N) is 2. The first-order valence-corrected chi connectivity index (χ1v) is 7.73. The number of hydrogen-bond donors (Lipinski definition) is 2. The highest BCUT2D eigenvalue weighted by molar-refractivity contribution is 6.33. The minimum atomic E-state index is -0.566. The highest BCUT2D eigenvalue weighted by atomic mass is 35.5. The van der Waals surface area contributed by atoms with Crippen LogP contribution in [-0.4, -0.2) is 22.1 Å². The Morgan fingerprint density at radius 2 is 1.96 bits per heavy atom. The fourth-order valence-electron chi connectivity index (χ4n) is 2.43. The molecular formula is C18H20ClN3O. The van der Waals surface area contributed by atoms with Gasteiger partial charge in [-0.25, -0.2) is 0 Å². The molecule has 1 aromatic carbocycles. The zero-order valence-electron chi connectivity index (χ0n) is 13.5. The monoisotopic (exact) mass is 329 g/mol. The zero-order chi connectivity index (χ0) is 17.0. The Labute approximate surface area is 141 Å². The maximum Gasteiger partial charge on any atom is 0.253 e. The van der Waals surface area contributed by atoms with E-state index in [0.29, 0.717) is 22.7 Å². The van der Waals surface area contributed by atoms with E-state index in [2.05, 4.69) is 10.3 Å². The maximum absolute atomic E-state index is 12.4. The van der Waals surface area contributed by atoms with Crippen LogP contribution in [0.1, 0.15) is 41.8 Å². The molecule has 2 N–H and O–H groups in total. The number of pyridine rings is 1. The number of amides is 1. The lowest BCUT2D eigenvalue weighted by Gasteiger charge is -2.27. The van der Waals surface area contributed by atoms with Crippen molar-refractivity contribution in [3.8, 4) is 0 Å². The van der Waals surface area contributed by atoms with Crippen molar-refractivity contribution >= 4 is 23.2 Å². The molecule has 0 spiro atoms. The topological polar surface area (TPSA) is 65.8 Å². The van der Waals surface area contributed by atoms with Crippen LogP contribution in [0.3, 0.4) is 0 Å². The van der Waals surface area contributed by atoms with E-state index in [4.69, 9.17) is 17.0 Å². The van der Waals surface area contributed by atoms with Crippen molar-refractivity contribution in [2.24, 2.45) is 0 Å². The molecular weight excluding hydrogens is 310 g/mol. The number of aromatic nitrogens is 1. The zero-order valence-corrected chi connectivity index (χ0v) is 14.2. The molecule has 0 unspecified atom stereocenters. The van der Waals surface area contributed by atoms with Crippen LogP contribution in [0.5, 0.6) is 0 Å². The highest BCUT2D eigenvalue weighted by Crippen LogP contribution is 2.19. The molecule has 0 saturated heterocycles. The normalized spacial score (nSPS) is 11.1. The van der Waals surface area contributed by atoms with Crippen molar-refractivity contribution in [2.75, 3.05) is 0 Å². The van der Waals surface area contributed by atoms with Crippen LogP contribution in [0.4, 0.5) is 0 Å². The number of aryl methyl sites for hydroxylation is 1. The number of rotatable bonds is 5. The molecule has 0 aliphatic carbocycles. The fraction of sp³-hybridized carbons (Fsp3) is 0.278. The van der Waals surface area contributed by atoms with Crippen LogP contribution in [-0.2, 0) is 0 Å². The molecule has 0 fully saturated rings. The third kappa shape index (κ3) is 4.39. The van der Waals surface area contributed by atoms with Crippen molar-refractivity contribution in [2.45, 2.75) is 32.7 Å². The van der Waals surface area contributed by atoms with Crippen LogP contribution < -0.4 is 5.32 Å². The number of carbonyl (C=O) groups is 1. The lowest BCUT2D eigenvalue weighted by atomic mass is 9.91. The van der Waals surface area contributed by atoms with Gasteiger partial charge in [0.05, 0.1) is 10.6 Å². The molecule has 5 heteroatoms. The van der Waals surface area contributed by atoms with Gasteiger partial charge in [-0.1, -0.05) is 35.9 Å². The molecule has 0 bridgehead atoms. The van der Waals surface area contributed by atoms with Gasteiger partial charge in [-0.05, 0) is 38.0 Å². The molecule has 1 aromatic heterocycles. The Hall–Kier alpha value is -2.20. The SMILES string of the molecule is Cc1ccccc1C(=N)CC(C)(C)NC(=O)c1ccncc1Cl. The van der Waals surface area contributed by atoms with Gasteiger partial charge in [0, 0.05) is 30.1 Å². The molecule has 0 saturated carbocycles. The minimum absolute atomic E-state index is 0.264. The second kappa shape index (κ2) is 6.92. The summed E-state index contributed by atoms with van der Waals surface area (Å²) in [5.74, 6) is -0.264. The van der Waals surface area contributed by atoms with Gasteiger partial charge in [-0.2, -0.15) is 0 Å². The minimum Gasteiger partial charge on any atom is -0.347 e. The van der Waals surface area contributed by atoms with E-state index >= 15 is 0 Å². The molecule has 1 amide bonds. The van der Waals surface area contributed by atoms with Crippen molar-refractivity contribution in [3.63, 3.8) is 0 Å². The first-order valence-electron chi connectivity index (χ1n) is 7.35. The van der Waals surface area contributed by atoms with Gasteiger partial charge in [-0.3, -0.25) is 9.78 Å². The van der Waals surface area contributed by atoms with Crippen LogP contribution in [0.2, 0.25) is 5.02 Å². The first-order chi connectivity index (χ1) is 10.8. The van der Waals surface area contributed by atoms with Crippen molar-refractivity contribution in [3.05, 3.63) is 64.4 Å². The van der Waals surface area contributed by atoms with Crippen LogP contribution >= 0.6 is 11.6 Å². The van der Waals surface area contributed by atoms with Crippen LogP contribution in [0.15, 0.2) is 42.7 Å². The van der Waals surface area contributed by atoms with Crippen LogP contribution in [0.25, 0.3) is 0 Å². The molecule has 1 heterocycles. The highest BCUT2D eigenvalue weighted by Gasteiger charge is 2.25. The molecule has 2 aromatic rings. The van der Waals surface area contributed by atoms with Gasteiger partial charge in [-0.15, -0.1) is 0 Å². The second-order valence-corrected chi connectivity index (χ2v) is 6.57. The third-order valence-corrected chi connectivity index (χ3v) is 3.86. The summed E-state index contributed by atoms with van der Waals surface area (Å²) < 4.78 is 0. The van der Waals surface area contributed by atoms with Gasteiger partial charge in [0.25, 0.3) is 5.91 Å². The quantitative estimate of drug-likeness (QED) is 0.814. The van der Waals surface area contributed by atoms with E-state index in [1.54, 1.807) is 6.07 Å². The lowest BCUT2D eigenvalue weighted by Crippen LogP contribution is -2.45. The summed E-state index contributed by atoms with van der Waals surface area (Å²) in [4.78, 5) is 16.2. The number of benzene rings is 1. The molecule has 0 atom stereocenters. The largest absolute Gasteiger partial charge is 0.347 e.